The Balaban J connectivity index is 1.44. The van der Waals surface area contributed by atoms with Crippen LogP contribution in [0.5, 0.6) is 0 Å². The molecule has 2 atom stereocenters. The number of nitrogens with zero attached hydrogens (tertiary/aromatic N) is 1. The van der Waals surface area contributed by atoms with Crippen molar-refractivity contribution in [1.82, 2.24) is 4.90 Å². The fraction of sp³-hybridized carbons (Fsp3) is 1.00. The fourth-order valence-electron chi connectivity index (χ4n) is 4.24. The first-order valence-corrected chi connectivity index (χ1v) is 8.03. The Bertz CT molecular complexity index is 316. The minimum atomic E-state index is -0.310. The van der Waals surface area contributed by atoms with E-state index in [1.54, 1.807) is 0 Å². The van der Waals surface area contributed by atoms with Gasteiger partial charge < -0.3 is 18.9 Å². The topological polar surface area (TPSA) is 40.2 Å². The summed E-state index contributed by atoms with van der Waals surface area (Å²) in [4.78, 5) is 2.58. The highest BCUT2D eigenvalue weighted by Crippen LogP contribution is 2.38. The molecule has 4 aliphatic heterocycles. The lowest BCUT2D eigenvalue weighted by Crippen LogP contribution is -2.56. The maximum Gasteiger partial charge on any atom is 0.181 e. The summed E-state index contributed by atoms with van der Waals surface area (Å²) in [5, 5.41) is 0. The predicted octanol–water partition coefficient (Wildman–Crippen LogP) is 1.16. The summed E-state index contributed by atoms with van der Waals surface area (Å²) >= 11 is 0. The molecule has 4 rings (SSSR count). The predicted molar refractivity (Wildman–Crippen MR) is 72.6 cm³/mol. The van der Waals surface area contributed by atoms with E-state index in [4.69, 9.17) is 18.9 Å². The molecule has 0 N–H and O–H groups in total. The van der Waals surface area contributed by atoms with E-state index in [9.17, 15) is 0 Å². The lowest BCUT2D eigenvalue weighted by Gasteiger charge is -2.46. The van der Waals surface area contributed by atoms with Crippen molar-refractivity contribution in [2.24, 2.45) is 0 Å². The van der Waals surface area contributed by atoms with E-state index >= 15 is 0 Å². The number of hydrogen-bond acceptors (Lipinski definition) is 5. The molecule has 0 aliphatic carbocycles. The van der Waals surface area contributed by atoms with Crippen LogP contribution in [0.3, 0.4) is 0 Å². The van der Waals surface area contributed by atoms with Gasteiger partial charge in [0.25, 0.3) is 0 Å². The van der Waals surface area contributed by atoms with Gasteiger partial charge in [0.05, 0.1) is 32.0 Å². The standard InChI is InChI=1S/C15H25NO4/c1-3-15(19-8-9-20-15)11-16(5-1)13-2-6-18-14(10-13)4-7-17-12-14/h13H,1-12H2. The minimum absolute atomic E-state index is 0.00901. The summed E-state index contributed by atoms with van der Waals surface area (Å²) in [6.45, 7) is 6.07. The van der Waals surface area contributed by atoms with E-state index in [2.05, 4.69) is 4.90 Å². The molecule has 2 spiro atoms. The molecule has 5 nitrogen and oxygen atoms in total. The van der Waals surface area contributed by atoms with Crippen LogP contribution in [0.25, 0.3) is 0 Å². The third-order valence-electron chi connectivity index (χ3n) is 5.31. The molecule has 0 aromatic heterocycles. The molecule has 0 bridgehead atoms. The summed E-state index contributed by atoms with van der Waals surface area (Å²) in [5.74, 6) is -0.310. The summed E-state index contributed by atoms with van der Waals surface area (Å²) in [6, 6.07) is 0.593. The van der Waals surface area contributed by atoms with Crippen LogP contribution in [0, 0.1) is 0 Å². The SMILES string of the molecule is C1CN(C2CCOC3(CCOC3)C2)CC2(C1)OCCO2. The molecule has 0 amide bonds. The van der Waals surface area contributed by atoms with Crippen molar-refractivity contribution in [3.63, 3.8) is 0 Å². The van der Waals surface area contributed by atoms with Gasteiger partial charge in [-0.3, -0.25) is 4.90 Å². The van der Waals surface area contributed by atoms with Gasteiger partial charge in [0.2, 0.25) is 0 Å². The molecule has 0 aromatic carbocycles. The first kappa shape index (κ1) is 13.5. The zero-order chi connectivity index (χ0) is 13.5. The van der Waals surface area contributed by atoms with Crippen LogP contribution in [0.15, 0.2) is 0 Å². The van der Waals surface area contributed by atoms with Crippen molar-refractivity contribution in [3.8, 4) is 0 Å². The van der Waals surface area contributed by atoms with Gasteiger partial charge in [0.15, 0.2) is 5.79 Å². The molecule has 0 saturated carbocycles. The third-order valence-corrected chi connectivity index (χ3v) is 5.31. The van der Waals surface area contributed by atoms with Crippen LogP contribution < -0.4 is 0 Å². The summed E-state index contributed by atoms with van der Waals surface area (Å²) < 4.78 is 23.4. The zero-order valence-electron chi connectivity index (χ0n) is 12.1. The Kier molecular flexibility index (Phi) is 3.51. The normalized spacial score (nSPS) is 41.7. The number of hydrogen-bond donors (Lipinski definition) is 0. The smallest absolute Gasteiger partial charge is 0.181 e. The van der Waals surface area contributed by atoms with Gasteiger partial charge in [0.1, 0.15) is 0 Å². The second-order valence-corrected chi connectivity index (χ2v) is 6.66. The van der Waals surface area contributed by atoms with Crippen LogP contribution in [0.2, 0.25) is 0 Å². The van der Waals surface area contributed by atoms with Gasteiger partial charge in [-0.25, -0.2) is 0 Å². The second-order valence-electron chi connectivity index (χ2n) is 6.66. The Morgan fingerprint density at radius 1 is 0.950 bits per heavy atom. The highest BCUT2D eigenvalue weighted by atomic mass is 16.7. The molecule has 2 unspecified atom stereocenters. The molecule has 114 valence electrons. The molecular formula is C15H25NO4. The molecule has 0 aromatic rings. The highest BCUT2D eigenvalue weighted by Gasteiger charge is 2.46. The highest BCUT2D eigenvalue weighted by molar-refractivity contribution is 4.96. The van der Waals surface area contributed by atoms with Crippen molar-refractivity contribution >= 4 is 0 Å². The van der Waals surface area contributed by atoms with Crippen molar-refractivity contribution < 1.29 is 18.9 Å². The van der Waals surface area contributed by atoms with Crippen molar-refractivity contribution in [2.75, 3.05) is 46.1 Å². The van der Waals surface area contributed by atoms with Gasteiger partial charge in [-0.1, -0.05) is 0 Å². The first-order valence-electron chi connectivity index (χ1n) is 8.03. The summed E-state index contributed by atoms with van der Waals surface area (Å²) in [6.07, 6.45) is 5.48. The second kappa shape index (κ2) is 5.21. The molecule has 0 radical (unpaired) electrons. The Morgan fingerprint density at radius 3 is 2.65 bits per heavy atom. The number of likely N-dealkylation sites (tertiary alicyclic amines) is 1. The largest absolute Gasteiger partial charge is 0.378 e. The average molecular weight is 283 g/mol. The van der Waals surface area contributed by atoms with E-state index in [0.29, 0.717) is 6.04 Å². The third kappa shape index (κ3) is 2.40. The van der Waals surface area contributed by atoms with Gasteiger partial charge in [-0.2, -0.15) is 0 Å². The quantitative estimate of drug-likeness (QED) is 0.722. The van der Waals surface area contributed by atoms with Gasteiger partial charge >= 0.3 is 0 Å². The number of piperidine rings is 1. The van der Waals surface area contributed by atoms with Crippen LogP contribution in [-0.2, 0) is 18.9 Å². The molecule has 4 aliphatic rings. The van der Waals surface area contributed by atoms with Crippen molar-refractivity contribution in [3.05, 3.63) is 0 Å². The monoisotopic (exact) mass is 283 g/mol. The average Bonchev–Trinajstić information content (AvgIpc) is 3.10. The lowest BCUT2D eigenvalue weighted by molar-refractivity contribution is -0.202. The maximum atomic E-state index is 6.05. The number of rotatable bonds is 1. The van der Waals surface area contributed by atoms with Crippen LogP contribution in [-0.4, -0.2) is 68.5 Å². The molecule has 20 heavy (non-hydrogen) atoms. The molecule has 5 heteroatoms. The summed E-state index contributed by atoms with van der Waals surface area (Å²) in [7, 11) is 0. The Labute approximate surface area is 120 Å². The van der Waals surface area contributed by atoms with Gasteiger partial charge in [0, 0.05) is 32.1 Å². The van der Waals surface area contributed by atoms with E-state index in [1.165, 1.54) is 6.42 Å². The molecule has 4 heterocycles. The lowest BCUT2D eigenvalue weighted by atomic mass is 9.87. The maximum absolute atomic E-state index is 6.05. The van der Waals surface area contributed by atoms with E-state index < -0.39 is 0 Å². The van der Waals surface area contributed by atoms with Gasteiger partial charge in [-0.15, -0.1) is 0 Å². The van der Waals surface area contributed by atoms with Crippen LogP contribution in [0.1, 0.15) is 32.1 Å². The first-order chi connectivity index (χ1) is 9.79. The van der Waals surface area contributed by atoms with Crippen LogP contribution in [0.4, 0.5) is 0 Å². The zero-order valence-corrected chi connectivity index (χ0v) is 12.1. The molecular weight excluding hydrogens is 258 g/mol. The minimum Gasteiger partial charge on any atom is -0.378 e. The van der Waals surface area contributed by atoms with Gasteiger partial charge in [-0.05, 0) is 25.8 Å². The Morgan fingerprint density at radius 2 is 1.85 bits per heavy atom. The van der Waals surface area contributed by atoms with E-state index in [-0.39, 0.29) is 11.4 Å². The van der Waals surface area contributed by atoms with Crippen molar-refractivity contribution in [2.45, 2.75) is 49.5 Å². The van der Waals surface area contributed by atoms with E-state index in [1.807, 2.05) is 0 Å². The van der Waals surface area contributed by atoms with Crippen LogP contribution >= 0.6 is 0 Å². The molecule has 4 fully saturated rings. The molecule has 4 saturated heterocycles. The fourth-order valence-corrected chi connectivity index (χ4v) is 4.24. The van der Waals surface area contributed by atoms with E-state index in [0.717, 1.165) is 71.8 Å². The van der Waals surface area contributed by atoms with Crippen molar-refractivity contribution in [1.29, 1.82) is 0 Å². The summed E-state index contributed by atoms with van der Waals surface area (Å²) in [5.41, 5.74) is -0.00901. The number of ether oxygens (including phenoxy) is 4. The Hall–Kier alpha value is -0.200.